The molecule has 1 fully saturated rings. The number of carboxylic acid groups (broad SMARTS) is 1. The van der Waals surface area contributed by atoms with Crippen molar-refractivity contribution in [3.05, 3.63) is 80.3 Å². The van der Waals surface area contributed by atoms with Crippen molar-refractivity contribution in [2.45, 2.75) is 67.2 Å². The van der Waals surface area contributed by atoms with Gasteiger partial charge in [0.1, 0.15) is 0 Å². The summed E-state index contributed by atoms with van der Waals surface area (Å²) in [5, 5.41) is 40.1. The molecule has 0 saturated carbocycles. The maximum absolute atomic E-state index is 13.9. The molecule has 286 valence electrons. The third kappa shape index (κ3) is 8.62. The number of ether oxygens (including phenoxy) is 1. The summed E-state index contributed by atoms with van der Waals surface area (Å²) >= 11 is 0. The van der Waals surface area contributed by atoms with Crippen LogP contribution < -0.4 is 15.5 Å². The molecular formula is C37H43N5O9PdS. The van der Waals surface area contributed by atoms with Gasteiger partial charge < -0.3 is 25.4 Å². The van der Waals surface area contributed by atoms with Crippen LogP contribution >= 0.6 is 0 Å². The standard InChI is InChI=1S/C37H45N5O9S.Pd/c1-8-22-17(2)25-16-30-33(21(6)43)19(4)27(40-30)14-26-18(3)23(9-10-31(44)45)35(41-26)24(13-32(46)51-7)36-34(37(47)38-11-12-52(48,49)50)20(5)28(42-36)15-29(22)39-25;/h14-18,22-23,39,43H,8-13H2,1-7H3,(H,38,47)(H,44,45)(H,48,49,50);/q;+2/p-2. The zero-order chi connectivity index (χ0) is 38.2. The van der Waals surface area contributed by atoms with Crippen LogP contribution in [-0.4, -0.2) is 72.5 Å². The number of allylic oxidation sites excluding steroid dienone is 10. The smallest absolute Gasteiger partial charge is 0.875 e. The maximum Gasteiger partial charge on any atom is 2.00 e. The molecule has 4 unspecified atom stereocenters. The summed E-state index contributed by atoms with van der Waals surface area (Å²) in [6, 6.07) is 0. The zero-order valence-electron chi connectivity index (χ0n) is 30.5. The largest absolute Gasteiger partial charge is 2.00 e. The van der Waals surface area contributed by atoms with Crippen LogP contribution in [0.2, 0.25) is 0 Å². The van der Waals surface area contributed by atoms with Crippen molar-refractivity contribution < 1.29 is 63.0 Å². The Morgan fingerprint density at radius 3 is 2.28 bits per heavy atom. The van der Waals surface area contributed by atoms with Gasteiger partial charge in [0.05, 0.1) is 54.4 Å². The summed E-state index contributed by atoms with van der Waals surface area (Å²) in [4.78, 5) is 43.7. The molecule has 0 aromatic carbocycles. The van der Waals surface area contributed by atoms with Crippen LogP contribution in [0, 0.1) is 23.7 Å². The second kappa shape index (κ2) is 16.4. The predicted molar refractivity (Wildman–Crippen MR) is 193 cm³/mol. The monoisotopic (exact) mass is 839 g/mol. The first-order chi connectivity index (χ1) is 24.4. The van der Waals surface area contributed by atoms with Gasteiger partial charge in [-0.05, 0) is 67.5 Å². The molecule has 4 atom stereocenters. The summed E-state index contributed by atoms with van der Waals surface area (Å²) in [5.41, 5.74) is 5.86. The van der Waals surface area contributed by atoms with E-state index >= 15 is 0 Å². The van der Waals surface area contributed by atoms with Crippen LogP contribution in [0.25, 0.3) is 0 Å². The van der Waals surface area contributed by atoms with E-state index in [1.165, 1.54) is 14.0 Å². The molecule has 8 bridgehead atoms. The van der Waals surface area contributed by atoms with Crippen LogP contribution in [0.3, 0.4) is 0 Å². The van der Waals surface area contributed by atoms with Crippen LogP contribution in [0.15, 0.2) is 100 Å². The first-order valence-corrected chi connectivity index (χ1v) is 18.7. The Balaban J connectivity index is 0.00000627. The summed E-state index contributed by atoms with van der Waals surface area (Å²) < 4.78 is 37.2. The van der Waals surface area contributed by atoms with Crippen LogP contribution in [0.1, 0.15) is 67.2 Å². The average Bonchev–Trinajstić information content (AvgIpc) is 3.74. The second-order valence-electron chi connectivity index (χ2n) is 13.5. The summed E-state index contributed by atoms with van der Waals surface area (Å²) in [6.45, 7) is 10.5. The van der Waals surface area contributed by atoms with Gasteiger partial charge in [0, 0.05) is 58.3 Å². The number of hydrogen-bond acceptors (Lipinski definition) is 12. The van der Waals surface area contributed by atoms with Gasteiger partial charge in [0.25, 0.3) is 10.1 Å². The van der Waals surface area contributed by atoms with E-state index in [0.29, 0.717) is 45.2 Å². The van der Waals surface area contributed by atoms with Crippen molar-refractivity contribution >= 4 is 45.1 Å². The summed E-state index contributed by atoms with van der Waals surface area (Å²) in [5.74, 6) is -4.34. The Bertz CT molecular complexity index is 2080. The molecule has 0 radical (unpaired) electrons. The summed E-state index contributed by atoms with van der Waals surface area (Å²) in [6.07, 6.45) is 5.78. The molecule has 14 nitrogen and oxygen atoms in total. The van der Waals surface area contributed by atoms with Gasteiger partial charge in [-0.15, -0.1) is 5.76 Å². The van der Waals surface area contributed by atoms with Crippen molar-refractivity contribution in [1.82, 2.24) is 5.32 Å². The number of rotatable bonds is 10. The van der Waals surface area contributed by atoms with Crippen molar-refractivity contribution in [2.75, 3.05) is 19.4 Å². The van der Waals surface area contributed by atoms with Gasteiger partial charge >= 0.3 is 32.4 Å². The fourth-order valence-electron chi connectivity index (χ4n) is 7.38. The number of nitrogens with zero attached hydrogens (tertiary/aromatic N) is 4. The van der Waals surface area contributed by atoms with Gasteiger partial charge in [-0.3, -0.25) is 24.1 Å². The molecule has 5 heterocycles. The molecule has 0 aliphatic carbocycles. The third-order valence-corrected chi connectivity index (χ3v) is 10.9. The van der Waals surface area contributed by atoms with Gasteiger partial charge in [0.2, 0.25) is 0 Å². The minimum atomic E-state index is -4.41. The van der Waals surface area contributed by atoms with E-state index < -0.39 is 46.2 Å². The predicted octanol–water partition coefficient (Wildman–Crippen LogP) is 3.08. The molecule has 0 amide bonds. The molecule has 5 aliphatic rings. The van der Waals surface area contributed by atoms with E-state index in [1.807, 2.05) is 32.9 Å². The Labute approximate surface area is 322 Å². The molecule has 3 N–H and O–H groups in total. The number of hydrogen-bond donors (Lipinski definition) is 3. The number of carboxylic acids is 1. The SMILES string of the molecule is CCC1C2=CC3=NC(=C(CC(=O)OC)C4=NC(=CC5=C(C)C(=C(C)[O-])C(=N5)C=C(N2)C1C)C(C)C4CCC(=O)O)C(C([O-])=NCCS(=O)(=O)O)=C3C.[Pd+2]. The number of aliphatic carboxylic acids is 1. The Hall–Kier alpha value is -4.23. The van der Waals surface area contributed by atoms with E-state index in [4.69, 9.17) is 19.7 Å². The first-order valence-electron chi connectivity index (χ1n) is 17.1. The van der Waals surface area contributed by atoms with Crippen LogP contribution in [0.5, 0.6) is 0 Å². The molecule has 1 saturated heterocycles. The molecule has 53 heavy (non-hydrogen) atoms. The fourth-order valence-corrected chi connectivity index (χ4v) is 7.71. The molecule has 0 aromatic rings. The van der Waals surface area contributed by atoms with Crippen LogP contribution in [-0.2, 0) is 44.9 Å². The number of aliphatic imine (C=N–C) groups is 4. The number of nitrogens with one attached hydrogen (secondary N) is 1. The number of fused-ring (bicyclic) bond motifs is 5. The molecule has 0 aromatic heterocycles. The average molecular weight is 840 g/mol. The van der Waals surface area contributed by atoms with Gasteiger partial charge in [0.15, 0.2) is 0 Å². The van der Waals surface area contributed by atoms with E-state index in [-0.39, 0.29) is 80.0 Å². The van der Waals surface area contributed by atoms with Gasteiger partial charge in [-0.1, -0.05) is 27.7 Å². The minimum Gasteiger partial charge on any atom is -0.875 e. The summed E-state index contributed by atoms with van der Waals surface area (Å²) in [7, 11) is -3.19. The minimum absolute atomic E-state index is 0. The molecule has 16 heteroatoms. The quantitative estimate of drug-likeness (QED) is 0.0728. The molecular weight excluding hydrogens is 797 g/mol. The van der Waals surface area contributed by atoms with Crippen molar-refractivity contribution in [3.63, 3.8) is 0 Å². The molecule has 5 aliphatic heterocycles. The number of methoxy groups -OCH3 is 1. The van der Waals surface area contributed by atoms with Gasteiger partial charge in [-0.25, -0.2) is 9.98 Å². The van der Waals surface area contributed by atoms with E-state index in [2.05, 4.69) is 17.2 Å². The zero-order valence-corrected chi connectivity index (χ0v) is 32.9. The molecule has 0 spiro atoms. The van der Waals surface area contributed by atoms with E-state index in [1.54, 1.807) is 13.0 Å². The number of esters is 1. The van der Waals surface area contributed by atoms with Crippen molar-refractivity contribution in [1.29, 1.82) is 0 Å². The Morgan fingerprint density at radius 1 is 1.00 bits per heavy atom. The first kappa shape index (κ1) is 41.5. The molecule has 5 rings (SSSR count). The normalized spacial score (nSPS) is 25.2. The van der Waals surface area contributed by atoms with E-state index in [0.717, 1.165) is 17.8 Å². The number of carbonyl (C=O) groups excluding carboxylic acids is 1. The number of carbonyl (C=O) groups is 2. The third-order valence-electron chi connectivity index (χ3n) is 10.2. The van der Waals surface area contributed by atoms with Crippen LogP contribution in [0.4, 0.5) is 0 Å². The van der Waals surface area contributed by atoms with Crippen molar-refractivity contribution in [2.24, 2.45) is 43.6 Å². The van der Waals surface area contributed by atoms with E-state index in [9.17, 15) is 37.9 Å². The van der Waals surface area contributed by atoms with Crippen molar-refractivity contribution in [3.8, 4) is 0 Å². The van der Waals surface area contributed by atoms with Gasteiger partial charge in [-0.2, -0.15) is 8.42 Å². The Morgan fingerprint density at radius 2 is 1.68 bits per heavy atom. The maximum atomic E-state index is 13.9. The second-order valence-corrected chi connectivity index (χ2v) is 15.1. The fraction of sp³-hybridized carbons (Fsp3) is 0.459. The Kier molecular flexibility index (Phi) is 12.9. The topological polar surface area (TPSA) is 226 Å².